The molecule has 0 aliphatic heterocycles. The van der Waals surface area contributed by atoms with E-state index in [1.807, 2.05) is 6.08 Å². The summed E-state index contributed by atoms with van der Waals surface area (Å²) in [6, 6.07) is 0. The van der Waals surface area contributed by atoms with Crippen molar-refractivity contribution in [2.75, 3.05) is 0 Å². The lowest BCUT2D eigenvalue weighted by molar-refractivity contribution is -0.137. The van der Waals surface area contributed by atoms with Crippen molar-refractivity contribution in [2.24, 2.45) is 0 Å². The van der Waals surface area contributed by atoms with Crippen LogP contribution in [0.25, 0.3) is 0 Å². The molecule has 23 heavy (non-hydrogen) atoms. The molecule has 2 nitrogen and oxygen atoms in total. The van der Waals surface area contributed by atoms with Crippen LogP contribution in [0.2, 0.25) is 0 Å². The summed E-state index contributed by atoms with van der Waals surface area (Å²) < 4.78 is 0. The molecule has 0 rings (SSSR count). The predicted octanol–water partition coefficient (Wildman–Crippen LogP) is 7.05. The molecule has 1 N–H and O–H groups in total. The van der Waals surface area contributed by atoms with Crippen molar-refractivity contribution in [3.8, 4) is 0 Å². The molecule has 0 aromatic carbocycles. The number of allylic oxidation sites excluding steroid dienone is 3. The molecule has 0 saturated heterocycles. The van der Waals surface area contributed by atoms with Gasteiger partial charge in [0.2, 0.25) is 0 Å². The molecule has 0 unspecified atom stereocenters. The molecule has 0 atom stereocenters. The first-order valence-corrected chi connectivity index (χ1v) is 9.75. The van der Waals surface area contributed by atoms with E-state index >= 15 is 0 Å². The first-order valence-electron chi connectivity index (χ1n) is 9.75. The second-order valence-corrected chi connectivity index (χ2v) is 6.51. The van der Waals surface area contributed by atoms with Gasteiger partial charge in [-0.1, -0.05) is 69.6 Å². The molecular formula is C21H38O2. The van der Waals surface area contributed by atoms with Gasteiger partial charge in [-0.05, 0) is 44.9 Å². The molecule has 0 aromatic heterocycles. The zero-order valence-electron chi connectivity index (χ0n) is 15.1. The highest BCUT2D eigenvalue weighted by Gasteiger charge is 1.96. The van der Waals surface area contributed by atoms with Crippen LogP contribution in [0.1, 0.15) is 103 Å². The van der Waals surface area contributed by atoms with Crippen molar-refractivity contribution >= 4 is 5.97 Å². The Bertz CT molecular complexity index is 294. The SMILES string of the molecule is C=CCCCCCCCC=CCCCCCCCCCC(=O)O. The van der Waals surface area contributed by atoms with Gasteiger partial charge in [-0.2, -0.15) is 0 Å². The average Bonchev–Trinajstić information content (AvgIpc) is 2.53. The van der Waals surface area contributed by atoms with Gasteiger partial charge in [0.1, 0.15) is 0 Å². The van der Waals surface area contributed by atoms with Crippen molar-refractivity contribution in [1.29, 1.82) is 0 Å². The van der Waals surface area contributed by atoms with Gasteiger partial charge < -0.3 is 5.11 Å². The number of carboxylic acids is 1. The Morgan fingerprint density at radius 3 is 1.48 bits per heavy atom. The van der Waals surface area contributed by atoms with E-state index in [2.05, 4.69) is 18.7 Å². The van der Waals surface area contributed by atoms with E-state index in [9.17, 15) is 4.79 Å². The number of rotatable bonds is 18. The first-order chi connectivity index (χ1) is 11.3. The Morgan fingerprint density at radius 2 is 1.04 bits per heavy atom. The van der Waals surface area contributed by atoms with E-state index in [0.29, 0.717) is 6.42 Å². The summed E-state index contributed by atoms with van der Waals surface area (Å²) in [5.41, 5.74) is 0. The van der Waals surface area contributed by atoms with Gasteiger partial charge in [-0.15, -0.1) is 6.58 Å². The van der Waals surface area contributed by atoms with Crippen molar-refractivity contribution in [2.45, 2.75) is 103 Å². The molecule has 0 spiro atoms. The van der Waals surface area contributed by atoms with Crippen LogP contribution in [0.15, 0.2) is 24.8 Å². The van der Waals surface area contributed by atoms with Crippen LogP contribution in [0.3, 0.4) is 0 Å². The minimum Gasteiger partial charge on any atom is -0.481 e. The standard InChI is InChI=1S/C21H38O2/c1-2-3-4-5-6-7-8-9-10-11-12-13-14-15-16-17-18-19-20-21(22)23/h2,10-11H,1,3-9,12-20H2,(H,22,23). The Labute approximate surface area is 144 Å². The minimum atomic E-state index is -0.663. The smallest absolute Gasteiger partial charge is 0.303 e. The summed E-state index contributed by atoms with van der Waals surface area (Å²) in [5.74, 6) is -0.663. The lowest BCUT2D eigenvalue weighted by atomic mass is 10.1. The van der Waals surface area contributed by atoms with E-state index in [1.165, 1.54) is 83.5 Å². The summed E-state index contributed by atoms with van der Waals surface area (Å²) in [6.07, 6.45) is 25.7. The zero-order valence-corrected chi connectivity index (χ0v) is 15.1. The molecule has 0 radical (unpaired) electrons. The molecule has 0 heterocycles. The average molecular weight is 323 g/mol. The van der Waals surface area contributed by atoms with Crippen LogP contribution in [-0.4, -0.2) is 11.1 Å². The molecule has 0 aromatic rings. The van der Waals surface area contributed by atoms with Crippen LogP contribution in [0.5, 0.6) is 0 Å². The summed E-state index contributed by atoms with van der Waals surface area (Å²) in [7, 11) is 0. The molecule has 0 saturated carbocycles. The van der Waals surface area contributed by atoms with Gasteiger partial charge in [0.15, 0.2) is 0 Å². The van der Waals surface area contributed by atoms with Crippen molar-refractivity contribution in [1.82, 2.24) is 0 Å². The number of carboxylic acid groups (broad SMARTS) is 1. The number of carbonyl (C=O) groups is 1. The topological polar surface area (TPSA) is 37.3 Å². The maximum atomic E-state index is 10.4. The van der Waals surface area contributed by atoms with Crippen molar-refractivity contribution in [3.05, 3.63) is 24.8 Å². The van der Waals surface area contributed by atoms with Crippen LogP contribution < -0.4 is 0 Å². The fourth-order valence-corrected chi connectivity index (χ4v) is 2.74. The Hall–Kier alpha value is -1.05. The second-order valence-electron chi connectivity index (χ2n) is 6.51. The lowest BCUT2D eigenvalue weighted by Crippen LogP contribution is -1.93. The molecule has 0 amide bonds. The number of hydrogen-bond donors (Lipinski definition) is 1. The summed E-state index contributed by atoms with van der Waals surface area (Å²) in [5, 5.41) is 8.54. The molecule has 0 bridgehead atoms. The molecule has 134 valence electrons. The molecule has 0 fully saturated rings. The minimum absolute atomic E-state index is 0.333. The third-order valence-electron chi connectivity index (χ3n) is 4.21. The van der Waals surface area contributed by atoms with Crippen molar-refractivity contribution in [3.63, 3.8) is 0 Å². The largest absolute Gasteiger partial charge is 0.481 e. The summed E-state index contributed by atoms with van der Waals surface area (Å²) in [4.78, 5) is 10.4. The Kier molecular flexibility index (Phi) is 18.1. The fraction of sp³-hybridized carbons (Fsp3) is 0.762. The quantitative estimate of drug-likeness (QED) is 0.217. The van der Waals surface area contributed by atoms with Gasteiger partial charge >= 0.3 is 5.97 Å². The predicted molar refractivity (Wildman–Crippen MR) is 101 cm³/mol. The van der Waals surface area contributed by atoms with Crippen molar-refractivity contribution < 1.29 is 9.90 Å². The Morgan fingerprint density at radius 1 is 0.652 bits per heavy atom. The van der Waals surface area contributed by atoms with Crippen LogP contribution in [0, 0.1) is 0 Å². The second kappa shape index (κ2) is 19.0. The van der Waals surface area contributed by atoms with E-state index in [0.717, 1.165) is 12.8 Å². The highest BCUT2D eigenvalue weighted by Crippen LogP contribution is 2.11. The number of hydrogen-bond acceptors (Lipinski definition) is 1. The highest BCUT2D eigenvalue weighted by molar-refractivity contribution is 5.66. The molecule has 2 heteroatoms. The van der Waals surface area contributed by atoms with E-state index in [1.54, 1.807) is 0 Å². The first kappa shape index (κ1) is 21.9. The van der Waals surface area contributed by atoms with Gasteiger partial charge in [0.05, 0.1) is 0 Å². The normalized spacial score (nSPS) is 11.1. The van der Waals surface area contributed by atoms with Crippen LogP contribution >= 0.6 is 0 Å². The van der Waals surface area contributed by atoms with Gasteiger partial charge in [-0.3, -0.25) is 4.79 Å². The summed E-state index contributed by atoms with van der Waals surface area (Å²) in [6.45, 7) is 3.75. The van der Waals surface area contributed by atoms with E-state index < -0.39 is 5.97 Å². The third-order valence-corrected chi connectivity index (χ3v) is 4.21. The van der Waals surface area contributed by atoms with Gasteiger partial charge in [0.25, 0.3) is 0 Å². The third kappa shape index (κ3) is 21.0. The van der Waals surface area contributed by atoms with E-state index in [4.69, 9.17) is 5.11 Å². The van der Waals surface area contributed by atoms with Crippen LogP contribution in [0.4, 0.5) is 0 Å². The van der Waals surface area contributed by atoms with E-state index in [-0.39, 0.29) is 0 Å². The molecule has 0 aliphatic carbocycles. The zero-order chi connectivity index (χ0) is 17.0. The number of aliphatic carboxylic acids is 1. The lowest BCUT2D eigenvalue weighted by Gasteiger charge is -2.00. The number of unbranched alkanes of at least 4 members (excludes halogenated alkanes) is 13. The summed E-state index contributed by atoms with van der Waals surface area (Å²) >= 11 is 0. The van der Waals surface area contributed by atoms with Gasteiger partial charge in [0, 0.05) is 6.42 Å². The molecular weight excluding hydrogens is 284 g/mol. The molecule has 0 aliphatic rings. The highest BCUT2D eigenvalue weighted by atomic mass is 16.4. The van der Waals surface area contributed by atoms with Gasteiger partial charge in [-0.25, -0.2) is 0 Å². The fourth-order valence-electron chi connectivity index (χ4n) is 2.74. The maximum absolute atomic E-state index is 10.4. The monoisotopic (exact) mass is 322 g/mol. The Balaban J connectivity index is 3.08. The maximum Gasteiger partial charge on any atom is 0.303 e. The van der Waals surface area contributed by atoms with Crippen LogP contribution in [-0.2, 0) is 4.79 Å².